The molecule has 3 rings (SSSR count). The zero-order valence-corrected chi connectivity index (χ0v) is 10.3. The van der Waals surface area contributed by atoms with E-state index in [0.717, 1.165) is 4.90 Å². The zero-order valence-electron chi connectivity index (χ0n) is 10.3. The van der Waals surface area contributed by atoms with Crippen LogP contribution in [0.3, 0.4) is 0 Å². The summed E-state index contributed by atoms with van der Waals surface area (Å²) in [5.41, 5.74) is 6.34. The van der Waals surface area contributed by atoms with Crippen LogP contribution in [-0.4, -0.2) is 16.8 Å². The highest BCUT2D eigenvalue weighted by Gasteiger charge is 2.37. The number of aromatic nitrogens is 1. The van der Waals surface area contributed by atoms with E-state index in [-0.39, 0.29) is 23.4 Å². The van der Waals surface area contributed by atoms with Gasteiger partial charge in [-0.25, -0.2) is 9.29 Å². The van der Waals surface area contributed by atoms with Gasteiger partial charge in [0.1, 0.15) is 5.82 Å². The van der Waals surface area contributed by atoms with Gasteiger partial charge >= 0.3 is 0 Å². The molecule has 2 N–H and O–H groups in total. The molecule has 1 aromatic carbocycles. The SMILES string of the molecule is NCc1ccc(N2C(=O)c3ccncc3C2=O)c(F)c1. The highest BCUT2D eigenvalue weighted by Crippen LogP contribution is 2.29. The molecule has 2 amide bonds. The zero-order chi connectivity index (χ0) is 14.3. The van der Waals surface area contributed by atoms with Gasteiger partial charge in [0, 0.05) is 18.9 Å². The minimum atomic E-state index is -0.657. The third kappa shape index (κ3) is 1.70. The average molecular weight is 271 g/mol. The number of carbonyl (C=O) groups excluding carboxylic acids is 2. The molecule has 0 saturated heterocycles. The molecule has 0 unspecified atom stereocenters. The number of anilines is 1. The van der Waals surface area contributed by atoms with Crippen LogP contribution >= 0.6 is 0 Å². The largest absolute Gasteiger partial charge is 0.326 e. The fraction of sp³-hybridized carbons (Fsp3) is 0.0714. The van der Waals surface area contributed by atoms with Gasteiger partial charge in [-0.2, -0.15) is 0 Å². The lowest BCUT2D eigenvalue weighted by atomic mass is 10.2. The lowest BCUT2D eigenvalue weighted by molar-refractivity contribution is 0.0925. The van der Waals surface area contributed by atoms with Crippen LogP contribution in [0.25, 0.3) is 0 Å². The van der Waals surface area contributed by atoms with Crippen molar-refractivity contribution in [3.63, 3.8) is 0 Å². The third-order valence-electron chi connectivity index (χ3n) is 3.18. The molecule has 0 aliphatic carbocycles. The molecular formula is C14H10FN3O2. The van der Waals surface area contributed by atoms with Crippen molar-refractivity contribution in [2.24, 2.45) is 5.73 Å². The Hall–Kier alpha value is -2.60. The minimum absolute atomic E-state index is 0.0756. The number of hydrogen-bond acceptors (Lipinski definition) is 4. The van der Waals surface area contributed by atoms with E-state index in [1.807, 2.05) is 0 Å². The van der Waals surface area contributed by atoms with E-state index in [0.29, 0.717) is 5.56 Å². The van der Waals surface area contributed by atoms with Crippen LogP contribution in [0.4, 0.5) is 10.1 Å². The van der Waals surface area contributed by atoms with Gasteiger partial charge in [0.15, 0.2) is 0 Å². The Bertz CT molecular complexity index is 695. The standard InChI is InChI=1S/C14H10FN3O2/c15-11-5-8(6-16)1-2-12(11)18-13(19)9-3-4-17-7-10(9)14(18)20/h1-5,7H,6,16H2. The predicted molar refractivity (Wildman–Crippen MR) is 69.7 cm³/mol. The second-order valence-corrected chi connectivity index (χ2v) is 4.36. The van der Waals surface area contributed by atoms with Crippen LogP contribution in [0.2, 0.25) is 0 Å². The Morgan fingerprint density at radius 1 is 1.15 bits per heavy atom. The lowest BCUT2D eigenvalue weighted by Crippen LogP contribution is -2.30. The van der Waals surface area contributed by atoms with E-state index in [1.54, 1.807) is 6.07 Å². The van der Waals surface area contributed by atoms with E-state index >= 15 is 0 Å². The third-order valence-corrected chi connectivity index (χ3v) is 3.18. The first kappa shape index (κ1) is 12.4. The molecule has 20 heavy (non-hydrogen) atoms. The molecule has 0 bridgehead atoms. The second kappa shape index (κ2) is 4.50. The monoisotopic (exact) mass is 271 g/mol. The molecule has 6 heteroatoms. The number of halogens is 1. The number of fused-ring (bicyclic) bond motifs is 1. The van der Waals surface area contributed by atoms with Gasteiger partial charge in [0.05, 0.1) is 16.8 Å². The molecule has 100 valence electrons. The van der Waals surface area contributed by atoms with Crippen molar-refractivity contribution in [1.82, 2.24) is 4.98 Å². The smallest absolute Gasteiger partial charge is 0.267 e. The number of rotatable bonds is 2. The highest BCUT2D eigenvalue weighted by molar-refractivity contribution is 6.34. The maximum Gasteiger partial charge on any atom is 0.267 e. The first-order valence-corrected chi connectivity index (χ1v) is 5.94. The number of benzene rings is 1. The highest BCUT2D eigenvalue weighted by atomic mass is 19.1. The molecule has 1 aliphatic heterocycles. The molecule has 0 fully saturated rings. The molecule has 1 aliphatic rings. The average Bonchev–Trinajstić information content (AvgIpc) is 2.72. The summed E-state index contributed by atoms with van der Waals surface area (Å²) in [6.45, 7) is 0.184. The van der Waals surface area contributed by atoms with Gasteiger partial charge in [-0.3, -0.25) is 14.6 Å². The normalized spacial score (nSPS) is 13.8. The molecule has 0 spiro atoms. The molecule has 0 atom stereocenters. The van der Waals surface area contributed by atoms with Crippen LogP contribution < -0.4 is 10.6 Å². The number of pyridine rings is 1. The summed E-state index contributed by atoms with van der Waals surface area (Å²) < 4.78 is 14.0. The van der Waals surface area contributed by atoms with Crippen molar-refractivity contribution in [2.45, 2.75) is 6.54 Å². The topological polar surface area (TPSA) is 76.3 Å². The van der Waals surface area contributed by atoms with Crippen LogP contribution in [0.15, 0.2) is 36.7 Å². The number of hydrogen-bond donors (Lipinski definition) is 1. The summed E-state index contributed by atoms with van der Waals surface area (Å²) in [7, 11) is 0. The lowest BCUT2D eigenvalue weighted by Gasteiger charge is -2.15. The van der Waals surface area contributed by atoms with Gasteiger partial charge in [0.2, 0.25) is 0 Å². The fourth-order valence-corrected chi connectivity index (χ4v) is 2.16. The Balaban J connectivity index is 2.09. The number of nitrogens with zero attached hydrogens (tertiary/aromatic N) is 2. The number of amides is 2. The van der Waals surface area contributed by atoms with E-state index in [1.165, 1.54) is 30.6 Å². The van der Waals surface area contributed by atoms with Gasteiger partial charge in [-0.05, 0) is 23.8 Å². The molecule has 2 heterocycles. The molecular weight excluding hydrogens is 261 g/mol. The maximum atomic E-state index is 14.0. The van der Waals surface area contributed by atoms with Crippen molar-refractivity contribution < 1.29 is 14.0 Å². The Labute approximate surface area is 113 Å². The van der Waals surface area contributed by atoms with Crippen LogP contribution in [-0.2, 0) is 6.54 Å². The molecule has 5 nitrogen and oxygen atoms in total. The summed E-state index contributed by atoms with van der Waals surface area (Å²) in [5, 5.41) is 0. The molecule has 0 radical (unpaired) electrons. The van der Waals surface area contributed by atoms with E-state index < -0.39 is 17.6 Å². The molecule has 2 aromatic rings. The summed E-state index contributed by atoms with van der Waals surface area (Å²) in [4.78, 5) is 29.0. The van der Waals surface area contributed by atoms with Crippen LogP contribution in [0.5, 0.6) is 0 Å². The van der Waals surface area contributed by atoms with Gasteiger partial charge in [0.25, 0.3) is 11.8 Å². The predicted octanol–water partition coefficient (Wildman–Crippen LogP) is 1.48. The summed E-state index contributed by atoms with van der Waals surface area (Å²) in [6, 6.07) is 5.63. The van der Waals surface area contributed by atoms with Crippen molar-refractivity contribution >= 4 is 17.5 Å². The quantitative estimate of drug-likeness (QED) is 0.839. The Morgan fingerprint density at radius 2 is 1.90 bits per heavy atom. The fourth-order valence-electron chi connectivity index (χ4n) is 2.16. The van der Waals surface area contributed by atoms with Crippen molar-refractivity contribution in [3.05, 3.63) is 59.2 Å². The number of carbonyl (C=O) groups is 2. The number of nitrogens with two attached hydrogens (primary N) is 1. The Morgan fingerprint density at radius 3 is 2.55 bits per heavy atom. The number of imide groups is 1. The minimum Gasteiger partial charge on any atom is -0.326 e. The van der Waals surface area contributed by atoms with E-state index in [2.05, 4.69) is 4.98 Å². The van der Waals surface area contributed by atoms with Crippen LogP contribution in [0.1, 0.15) is 26.3 Å². The van der Waals surface area contributed by atoms with E-state index in [4.69, 9.17) is 5.73 Å². The first-order valence-electron chi connectivity index (χ1n) is 5.94. The van der Waals surface area contributed by atoms with Crippen molar-refractivity contribution in [2.75, 3.05) is 4.90 Å². The summed E-state index contributed by atoms with van der Waals surface area (Å²) in [6.07, 6.45) is 2.73. The molecule has 0 saturated carbocycles. The van der Waals surface area contributed by atoms with Crippen LogP contribution in [0, 0.1) is 5.82 Å². The maximum absolute atomic E-state index is 14.0. The second-order valence-electron chi connectivity index (χ2n) is 4.36. The molecule has 1 aromatic heterocycles. The van der Waals surface area contributed by atoms with Crippen molar-refractivity contribution in [1.29, 1.82) is 0 Å². The summed E-state index contributed by atoms with van der Waals surface area (Å²) in [5.74, 6) is -1.78. The summed E-state index contributed by atoms with van der Waals surface area (Å²) >= 11 is 0. The van der Waals surface area contributed by atoms with Crippen molar-refractivity contribution in [3.8, 4) is 0 Å². The first-order chi connectivity index (χ1) is 9.63. The van der Waals surface area contributed by atoms with Gasteiger partial charge < -0.3 is 5.73 Å². The van der Waals surface area contributed by atoms with Gasteiger partial charge in [-0.1, -0.05) is 6.07 Å². The van der Waals surface area contributed by atoms with E-state index in [9.17, 15) is 14.0 Å². The Kier molecular flexibility index (Phi) is 2.80. The van der Waals surface area contributed by atoms with Gasteiger partial charge in [-0.15, -0.1) is 0 Å².